The zero-order valence-electron chi connectivity index (χ0n) is 19.9. The third kappa shape index (κ3) is 5.80. The second kappa shape index (κ2) is 10.3. The smallest absolute Gasteiger partial charge is 0.251 e. The van der Waals surface area contributed by atoms with E-state index in [0.717, 1.165) is 9.70 Å². The minimum Gasteiger partial charge on any atom is -0.349 e. The maximum Gasteiger partial charge on any atom is 0.251 e. The minimum atomic E-state index is -1.13. The minimum absolute atomic E-state index is 0.0520. The molecule has 0 aliphatic rings. The molecule has 1 unspecified atom stereocenters. The number of carbonyl (C=O) groups is 2. The zero-order valence-corrected chi connectivity index (χ0v) is 20.7. The number of nitrogens with zero attached hydrogens (tertiary/aromatic N) is 5. The predicted octanol–water partition coefficient (Wildman–Crippen LogP) is 4.37. The highest BCUT2D eigenvalue weighted by Crippen LogP contribution is 2.33. The van der Waals surface area contributed by atoms with Crippen molar-refractivity contribution in [2.75, 3.05) is 4.90 Å². The first kappa shape index (κ1) is 25.1. The summed E-state index contributed by atoms with van der Waals surface area (Å²) in [6, 6.07) is 13.6. The molecule has 0 saturated carbocycles. The Morgan fingerprint density at radius 2 is 1.78 bits per heavy atom. The quantitative estimate of drug-likeness (QED) is 0.399. The van der Waals surface area contributed by atoms with E-state index < -0.39 is 41.6 Å². The van der Waals surface area contributed by atoms with Crippen molar-refractivity contribution in [1.29, 1.82) is 0 Å². The van der Waals surface area contributed by atoms with Crippen molar-refractivity contribution < 1.29 is 18.4 Å². The van der Waals surface area contributed by atoms with Crippen molar-refractivity contribution in [2.24, 2.45) is 0 Å². The van der Waals surface area contributed by atoms with Gasteiger partial charge in [-0.05, 0) is 73.8 Å². The number of benzene rings is 2. The van der Waals surface area contributed by atoms with E-state index in [4.69, 9.17) is 0 Å². The van der Waals surface area contributed by atoms with Crippen LogP contribution in [-0.4, -0.2) is 37.6 Å². The number of para-hydroxylation sites is 1. The largest absolute Gasteiger partial charge is 0.349 e. The molecule has 0 aliphatic heterocycles. The van der Waals surface area contributed by atoms with Gasteiger partial charge in [-0.3, -0.25) is 14.5 Å². The van der Waals surface area contributed by atoms with E-state index in [9.17, 15) is 18.4 Å². The van der Waals surface area contributed by atoms with Gasteiger partial charge in [0.25, 0.3) is 5.91 Å². The first-order chi connectivity index (χ1) is 17.1. The van der Waals surface area contributed by atoms with Crippen LogP contribution < -0.4 is 10.2 Å². The van der Waals surface area contributed by atoms with Crippen molar-refractivity contribution in [3.63, 3.8) is 0 Å². The molecule has 11 heteroatoms. The van der Waals surface area contributed by atoms with Gasteiger partial charge in [0.05, 0.1) is 5.69 Å². The van der Waals surface area contributed by atoms with Gasteiger partial charge in [-0.25, -0.2) is 8.78 Å². The molecular weight excluding hydrogens is 486 g/mol. The Hall–Kier alpha value is -3.99. The molecule has 36 heavy (non-hydrogen) atoms. The van der Waals surface area contributed by atoms with Crippen LogP contribution in [0.5, 0.6) is 0 Å². The summed E-state index contributed by atoms with van der Waals surface area (Å²) in [7, 11) is 0. The normalized spacial score (nSPS) is 12.2. The molecule has 0 fully saturated rings. The summed E-state index contributed by atoms with van der Waals surface area (Å²) in [5, 5.41) is 16.7. The molecule has 4 aromatic rings. The molecule has 2 heterocycles. The molecule has 1 N–H and O–H groups in total. The second-order valence-electron chi connectivity index (χ2n) is 9.02. The Bertz CT molecular complexity index is 1350. The van der Waals surface area contributed by atoms with E-state index in [1.807, 2.05) is 20.8 Å². The monoisotopic (exact) mass is 510 g/mol. The summed E-state index contributed by atoms with van der Waals surface area (Å²) >= 11 is 1.28. The summed E-state index contributed by atoms with van der Waals surface area (Å²) in [5.41, 5.74) is -0.125. The van der Waals surface area contributed by atoms with Crippen LogP contribution in [0, 0.1) is 11.6 Å². The molecule has 1 atom stereocenters. The molecule has 0 saturated heterocycles. The first-order valence-electron chi connectivity index (χ1n) is 11.1. The number of hydrogen-bond acceptors (Lipinski definition) is 6. The van der Waals surface area contributed by atoms with E-state index in [1.165, 1.54) is 53.8 Å². The van der Waals surface area contributed by atoms with Gasteiger partial charge < -0.3 is 5.32 Å². The SMILES string of the molecule is CC(C)(C)NC(=O)C(c1cccs1)N(C(=O)Cn1nnc(-c2ccc(F)cc2)n1)c1ccccc1F. The van der Waals surface area contributed by atoms with Gasteiger partial charge in [0.1, 0.15) is 24.2 Å². The molecule has 0 bridgehead atoms. The number of nitrogens with one attached hydrogen (secondary N) is 1. The van der Waals surface area contributed by atoms with Crippen molar-refractivity contribution in [1.82, 2.24) is 25.5 Å². The molecule has 2 aromatic carbocycles. The van der Waals surface area contributed by atoms with E-state index in [-0.39, 0.29) is 11.5 Å². The molecule has 186 valence electrons. The van der Waals surface area contributed by atoms with Gasteiger partial charge in [0, 0.05) is 16.0 Å². The van der Waals surface area contributed by atoms with Gasteiger partial charge >= 0.3 is 0 Å². The third-order valence-electron chi connectivity index (χ3n) is 5.03. The van der Waals surface area contributed by atoms with E-state index in [1.54, 1.807) is 23.6 Å². The average molecular weight is 511 g/mol. The Labute approximate surface area is 210 Å². The molecule has 0 radical (unpaired) electrons. The zero-order chi connectivity index (χ0) is 25.9. The van der Waals surface area contributed by atoms with Crippen LogP contribution >= 0.6 is 11.3 Å². The molecule has 0 spiro atoms. The van der Waals surface area contributed by atoms with Crippen molar-refractivity contribution in [3.05, 3.63) is 82.6 Å². The average Bonchev–Trinajstić information content (AvgIpc) is 3.50. The van der Waals surface area contributed by atoms with Crippen LogP contribution in [-0.2, 0) is 16.1 Å². The lowest BCUT2D eigenvalue weighted by Gasteiger charge is -2.33. The first-order valence-corrected chi connectivity index (χ1v) is 12.0. The highest BCUT2D eigenvalue weighted by molar-refractivity contribution is 7.10. The standard InChI is InChI=1S/C25H24F2N6O2S/c1-25(2,3)28-24(35)22(20-9-6-14-36-20)33(19-8-5-4-7-18(19)27)21(34)15-32-30-23(29-31-32)16-10-12-17(26)13-11-16/h4-14,22H,15H2,1-3H3,(H,28,35). The lowest BCUT2D eigenvalue weighted by atomic mass is 10.1. The summed E-state index contributed by atoms with van der Waals surface area (Å²) in [6.07, 6.45) is 0. The number of halogens is 2. The molecule has 2 amide bonds. The van der Waals surface area contributed by atoms with Crippen molar-refractivity contribution >= 4 is 28.8 Å². The summed E-state index contributed by atoms with van der Waals surface area (Å²) in [4.78, 5) is 29.9. The number of amides is 2. The van der Waals surface area contributed by atoms with E-state index in [0.29, 0.717) is 10.4 Å². The Kier molecular flexibility index (Phi) is 7.20. The third-order valence-corrected chi connectivity index (χ3v) is 5.95. The van der Waals surface area contributed by atoms with Crippen LogP contribution in [0.2, 0.25) is 0 Å². The number of anilines is 1. The highest BCUT2D eigenvalue weighted by Gasteiger charge is 2.36. The van der Waals surface area contributed by atoms with Crippen molar-refractivity contribution in [3.8, 4) is 11.4 Å². The molecule has 4 rings (SSSR count). The molecule has 8 nitrogen and oxygen atoms in total. The topological polar surface area (TPSA) is 93.0 Å². The number of thiophene rings is 1. The predicted molar refractivity (Wildman–Crippen MR) is 132 cm³/mol. The molecule has 0 aliphatic carbocycles. The van der Waals surface area contributed by atoms with Gasteiger partial charge in [-0.2, -0.15) is 4.80 Å². The fraction of sp³-hybridized carbons (Fsp3) is 0.240. The Morgan fingerprint density at radius 3 is 2.42 bits per heavy atom. The Morgan fingerprint density at radius 1 is 1.06 bits per heavy atom. The van der Waals surface area contributed by atoms with Gasteiger partial charge in [0.15, 0.2) is 0 Å². The molecular formula is C25H24F2N6O2S. The lowest BCUT2D eigenvalue weighted by molar-refractivity contribution is -0.128. The van der Waals surface area contributed by atoms with Crippen LogP contribution in [0.25, 0.3) is 11.4 Å². The number of aromatic nitrogens is 4. The highest BCUT2D eigenvalue weighted by atomic mass is 32.1. The Balaban J connectivity index is 1.71. The van der Waals surface area contributed by atoms with Gasteiger partial charge in [-0.15, -0.1) is 21.5 Å². The van der Waals surface area contributed by atoms with Crippen LogP contribution in [0.1, 0.15) is 31.7 Å². The summed E-state index contributed by atoms with van der Waals surface area (Å²) in [5.74, 6) is -1.95. The number of tetrazole rings is 1. The maximum absolute atomic E-state index is 15.0. The molecule has 2 aromatic heterocycles. The summed E-state index contributed by atoms with van der Waals surface area (Å²) in [6.45, 7) is 5.05. The van der Waals surface area contributed by atoms with Crippen LogP contribution in [0.3, 0.4) is 0 Å². The summed E-state index contributed by atoms with van der Waals surface area (Å²) < 4.78 is 28.2. The fourth-order valence-corrected chi connectivity index (χ4v) is 4.36. The number of hydrogen-bond donors (Lipinski definition) is 1. The second-order valence-corrected chi connectivity index (χ2v) is 10.0. The van der Waals surface area contributed by atoms with Crippen LogP contribution in [0.4, 0.5) is 14.5 Å². The number of carbonyl (C=O) groups excluding carboxylic acids is 2. The van der Waals surface area contributed by atoms with E-state index >= 15 is 0 Å². The van der Waals surface area contributed by atoms with Crippen molar-refractivity contribution in [2.45, 2.75) is 38.9 Å². The van der Waals surface area contributed by atoms with Gasteiger partial charge in [0.2, 0.25) is 11.7 Å². The lowest BCUT2D eigenvalue weighted by Crippen LogP contribution is -2.50. The number of rotatable bonds is 7. The van der Waals surface area contributed by atoms with E-state index in [2.05, 4.69) is 20.7 Å². The fourth-order valence-electron chi connectivity index (χ4n) is 3.54. The maximum atomic E-state index is 15.0. The van der Waals surface area contributed by atoms with Crippen LogP contribution in [0.15, 0.2) is 66.0 Å². The van der Waals surface area contributed by atoms with Gasteiger partial charge in [-0.1, -0.05) is 18.2 Å².